The number of hydrogen-bond donors (Lipinski definition) is 2. The topological polar surface area (TPSA) is 38.0 Å². The molecule has 0 heterocycles. The molecule has 1 unspecified atom stereocenters. The van der Waals surface area contributed by atoms with Crippen molar-refractivity contribution in [2.75, 3.05) is 6.54 Å². The van der Waals surface area contributed by atoms with E-state index in [0.717, 1.165) is 18.4 Å². The van der Waals surface area contributed by atoms with Crippen LogP contribution in [0.4, 0.5) is 0 Å². The molecule has 0 spiro atoms. The van der Waals surface area contributed by atoms with E-state index in [1.54, 1.807) is 0 Å². The summed E-state index contributed by atoms with van der Waals surface area (Å²) in [5, 5.41) is 0. The van der Waals surface area contributed by atoms with Gasteiger partial charge >= 0.3 is 0 Å². The van der Waals surface area contributed by atoms with Crippen LogP contribution in [-0.2, 0) is 0 Å². The fourth-order valence-electron chi connectivity index (χ4n) is 2.25. The van der Waals surface area contributed by atoms with Crippen molar-refractivity contribution in [1.29, 1.82) is 0 Å². The van der Waals surface area contributed by atoms with E-state index in [0.29, 0.717) is 0 Å². The fraction of sp³-hybridized carbons (Fsp3) is 1.00. The first-order valence-corrected chi connectivity index (χ1v) is 5.28. The van der Waals surface area contributed by atoms with Crippen LogP contribution < -0.4 is 11.3 Å². The van der Waals surface area contributed by atoms with Crippen molar-refractivity contribution >= 4 is 0 Å². The zero-order valence-corrected chi connectivity index (χ0v) is 8.18. The van der Waals surface area contributed by atoms with Crippen molar-refractivity contribution in [3.05, 3.63) is 0 Å². The normalized spacial score (nSPS) is 22.5. The number of hydrogen-bond acceptors (Lipinski definition) is 2. The standard InChI is InChI=1S/C10H22N2/c1-9(7-8-12-11)10-5-3-2-4-6-10/h9-10,12H,2-8,11H2,1H3. The van der Waals surface area contributed by atoms with Crippen molar-refractivity contribution in [1.82, 2.24) is 5.43 Å². The first-order valence-electron chi connectivity index (χ1n) is 5.28. The van der Waals surface area contributed by atoms with Crippen LogP contribution in [0.25, 0.3) is 0 Å². The van der Waals surface area contributed by atoms with Crippen LogP contribution in [0.15, 0.2) is 0 Å². The third-order valence-corrected chi connectivity index (χ3v) is 3.20. The summed E-state index contributed by atoms with van der Waals surface area (Å²) in [7, 11) is 0. The summed E-state index contributed by atoms with van der Waals surface area (Å²) in [5.41, 5.74) is 2.74. The van der Waals surface area contributed by atoms with E-state index in [9.17, 15) is 0 Å². The number of rotatable bonds is 4. The Kier molecular flexibility index (Phi) is 4.62. The quantitative estimate of drug-likeness (QED) is 0.500. The van der Waals surface area contributed by atoms with Gasteiger partial charge in [0.15, 0.2) is 0 Å². The van der Waals surface area contributed by atoms with E-state index in [4.69, 9.17) is 5.84 Å². The molecule has 2 heteroatoms. The Bertz CT molecular complexity index is 108. The van der Waals surface area contributed by atoms with Crippen LogP contribution in [0.1, 0.15) is 45.4 Å². The highest BCUT2D eigenvalue weighted by atomic mass is 15.2. The fourth-order valence-corrected chi connectivity index (χ4v) is 2.25. The molecule has 12 heavy (non-hydrogen) atoms. The van der Waals surface area contributed by atoms with Gasteiger partial charge in [0.25, 0.3) is 0 Å². The van der Waals surface area contributed by atoms with Gasteiger partial charge in [-0.05, 0) is 18.3 Å². The van der Waals surface area contributed by atoms with Gasteiger partial charge in [0.1, 0.15) is 0 Å². The van der Waals surface area contributed by atoms with Gasteiger partial charge in [-0.15, -0.1) is 0 Å². The highest BCUT2D eigenvalue weighted by Gasteiger charge is 2.18. The maximum Gasteiger partial charge on any atom is 0.01000 e. The molecule has 1 rings (SSSR count). The molecule has 1 atom stereocenters. The lowest BCUT2D eigenvalue weighted by Crippen LogP contribution is -2.26. The minimum Gasteiger partial charge on any atom is -0.271 e. The predicted molar refractivity (Wildman–Crippen MR) is 52.5 cm³/mol. The van der Waals surface area contributed by atoms with Crippen molar-refractivity contribution in [2.24, 2.45) is 17.7 Å². The summed E-state index contributed by atoms with van der Waals surface area (Å²) in [6.45, 7) is 3.34. The molecular formula is C10H22N2. The summed E-state index contributed by atoms with van der Waals surface area (Å²) in [4.78, 5) is 0. The zero-order chi connectivity index (χ0) is 8.81. The summed E-state index contributed by atoms with van der Waals surface area (Å²) in [5.74, 6) is 7.10. The molecule has 0 aliphatic heterocycles. The molecule has 0 saturated heterocycles. The Morgan fingerprint density at radius 2 is 2.00 bits per heavy atom. The maximum atomic E-state index is 5.26. The van der Waals surface area contributed by atoms with Crippen LogP contribution in [0.5, 0.6) is 0 Å². The molecule has 72 valence electrons. The van der Waals surface area contributed by atoms with E-state index >= 15 is 0 Å². The third kappa shape index (κ3) is 3.11. The van der Waals surface area contributed by atoms with E-state index in [1.165, 1.54) is 38.5 Å². The second-order valence-electron chi connectivity index (χ2n) is 4.12. The van der Waals surface area contributed by atoms with Crippen molar-refractivity contribution < 1.29 is 0 Å². The molecule has 2 nitrogen and oxygen atoms in total. The molecule has 1 aliphatic carbocycles. The molecule has 0 aromatic heterocycles. The summed E-state index contributed by atoms with van der Waals surface area (Å²) < 4.78 is 0. The van der Waals surface area contributed by atoms with Gasteiger partial charge < -0.3 is 0 Å². The smallest absolute Gasteiger partial charge is 0.01000 e. The minimum absolute atomic E-state index is 0.862. The third-order valence-electron chi connectivity index (χ3n) is 3.20. The van der Waals surface area contributed by atoms with Crippen molar-refractivity contribution in [3.8, 4) is 0 Å². The molecule has 3 N–H and O–H groups in total. The van der Waals surface area contributed by atoms with E-state index in [2.05, 4.69) is 12.3 Å². The Hall–Kier alpha value is -0.0800. The van der Waals surface area contributed by atoms with Gasteiger partial charge in [-0.3, -0.25) is 11.3 Å². The maximum absolute atomic E-state index is 5.26. The van der Waals surface area contributed by atoms with Crippen molar-refractivity contribution in [3.63, 3.8) is 0 Å². The second-order valence-corrected chi connectivity index (χ2v) is 4.12. The molecule has 0 amide bonds. The Balaban J connectivity index is 2.15. The molecule has 1 aliphatic rings. The first kappa shape index (κ1) is 10.0. The Morgan fingerprint density at radius 1 is 1.33 bits per heavy atom. The van der Waals surface area contributed by atoms with Crippen LogP contribution in [0, 0.1) is 11.8 Å². The van der Waals surface area contributed by atoms with Crippen LogP contribution in [-0.4, -0.2) is 6.54 Å². The second kappa shape index (κ2) is 5.55. The number of nitrogens with two attached hydrogens (primary N) is 1. The van der Waals surface area contributed by atoms with Gasteiger partial charge in [-0.2, -0.15) is 0 Å². The molecule has 0 bridgehead atoms. The minimum atomic E-state index is 0.862. The van der Waals surface area contributed by atoms with Crippen LogP contribution in [0.3, 0.4) is 0 Å². The highest BCUT2D eigenvalue weighted by molar-refractivity contribution is 4.71. The highest BCUT2D eigenvalue weighted by Crippen LogP contribution is 2.30. The van der Waals surface area contributed by atoms with E-state index < -0.39 is 0 Å². The van der Waals surface area contributed by atoms with Gasteiger partial charge in [0, 0.05) is 6.54 Å². The first-order chi connectivity index (χ1) is 5.84. The molecule has 0 aromatic carbocycles. The SMILES string of the molecule is CC(CCNN)C1CCCCC1. The summed E-state index contributed by atoms with van der Waals surface area (Å²) in [6.07, 6.45) is 8.49. The van der Waals surface area contributed by atoms with Gasteiger partial charge in [0.05, 0.1) is 0 Å². The van der Waals surface area contributed by atoms with Gasteiger partial charge in [-0.25, -0.2) is 0 Å². The van der Waals surface area contributed by atoms with Gasteiger partial charge in [-0.1, -0.05) is 39.0 Å². The number of nitrogens with one attached hydrogen (secondary N) is 1. The molecule has 0 radical (unpaired) electrons. The zero-order valence-electron chi connectivity index (χ0n) is 8.18. The molecular weight excluding hydrogens is 148 g/mol. The lowest BCUT2D eigenvalue weighted by atomic mass is 9.79. The Morgan fingerprint density at radius 3 is 2.58 bits per heavy atom. The Labute approximate surface area is 75.9 Å². The molecule has 1 saturated carbocycles. The van der Waals surface area contributed by atoms with Crippen LogP contribution >= 0.6 is 0 Å². The largest absolute Gasteiger partial charge is 0.271 e. The summed E-state index contributed by atoms with van der Waals surface area (Å²) >= 11 is 0. The van der Waals surface area contributed by atoms with Crippen LogP contribution in [0.2, 0.25) is 0 Å². The summed E-state index contributed by atoms with van der Waals surface area (Å²) in [6, 6.07) is 0. The lowest BCUT2D eigenvalue weighted by Gasteiger charge is -2.27. The molecule has 0 aromatic rings. The van der Waals surface area contributed by atoms with Crippen molar-refractivity contribution in [2.45, 2.75) is 45.4 Å². The average molecular weight is 170 g/mol. The van der Waals surface area contributed by atoms with E-state index in [1.807, 2.05) is 0 Å². The van der Waals surface area contributed by atoms with E-state index in [-0.39, 0.29) is 0 Å². The lowest BCUT2D eigenvalue weighted by molar-refractivity contribution is 0.251. The predicted octanol–water partition coefficient (Wildman–Crippen LogP) is 2.06. The average Bonchev–Trinajstić information content (AvgIpc) is 2.15. The molecule has 1 fully saturated rings. The number of hydrazine groups is 1. The monoisotopic (exact) mass is 170 g/mol. The van der Waals surface area contributed by atoms with Gasteiger partial charge in [0.2, 0.25) is 0 Å².